The van der Waals surface area contributed by atoms with Crippen LogP contribution in [-0.2, 0) is 6.61 Å². The number of aromatic nitrogens is 6. The molecule has 7 rings (SSSR count). The van der Waals surface area contributed by atoms with Crippen LogP contribution in [0.1, 0.15) is 34.1 Å². The van der Waals surface area contributed by atoms with Gasteiger partial charge in [0.15, 0.2) is 11.5 Å². The summed E-state index contributed by atoms with van der Waals surface area (Å²) in [7, 11) is 3.30. The smallest absolute Gasteiger partial charge is 0.230 e. The molecule has 1 aliphatic rings. The molecule has 0 aliphatic carbocycles. The first-order valence-electron chi connectivity index (χ1n) is 13.1. The van der Waals surface area contributed by atoms with Crippen LogP contribution in [0.2, 0.25) is 0 Å². The van der Waals surface area contributed by atoms with Crippen LogP contribution in [0.25, 0.3) is 11.3 Å². The van der Waals surface area contributed by atoms with Crippen molar-refractivity contribution >= 4 is 5.65 Å². The van der Waals surface area contributed by atoms with Gasteiger partial charge in [-0.2, -0.15) is 5.10 Å². The van der Waals surface area contributed by atoms with Crippen LogP contribution in [-0.4, -0.2) is 43.6 Å². The number of hydrogen-bond donors (Lipinski definition) is 0. The molecule has 204 valence electrons. The third-order valence-corrected chi connectivity index (χ3v) is 7.14. The highest BCUT2D eigenvalue weighted by Crippen LogP contribution is 2.51. The zero-order valence-corrected chi connectivity index (χ0v) is 22.7. The van der Waals surface area contributed by atoms with E-state index in [-0.39, 0.29) is 12.5 Å². The van der Waals surface area contributed by atoms with E-state index in [1.54, 1.807) is 25.1 Å². The molecule has 0 saturated heterocycles. The standard InChI is InChI=1S/C31H26N6O4/c1-19-26-27(23-11-7-8-12-24(23)39-3)28-29-33-25(17-40-22-15-13-21(38-2)14-16-22)35-36(29)18-32-30(28)41-31(26)37(34-19)20-9-5-4-6-10-20/h4-16,18,27H,17H2,1-3H3/t27-/m0/s1. The number of fused-ring (bicyclic) bond motifs is 4. The zero-order chi connectivity index (χ0) is 27.9. The van der Waals surface area contributed by atoms with Crippen LogP contribution in [0.5, 0.6) is 29.0 Å². The molecule has 0 N–H and O–H groups in total. The van der Waals surface area contributed by atoms with E-state index in [9.17, 15) is 0 Å². The Morgan fingerprint density at radius 1 is 0.829 bits per heavy atom. The van der Waals surface area contributed by atoms with Gasteiger partial charge < -0.3 is 18.9 Å². The zero-order valence-electron chi connectivity index (χ0n) is 22.7. The number of aryl methyl sites for hydroxylation is 1. The molecule has 10 nitrogen and oxygen atoms in total. The summed E-state index contributed by atoms with van der Waals surface area (Å²) < 4.78 is 27.0. The second kappa shape index (κ2) is 9.98. The van der Waals surface area contributed by atoms with E-state index in [0.717, 1.165) is 39.6 Å². The van der Waals surface area contributed by atoms with E-state index in [4.69, 9.17) is 29.0 Å². The maximum absolute atomic E-state index is 6.50. The molecule has 3 aromatic carbocycles. The Morgan fingerprint density at radius 2 is 1.59 bits per heavy atom. The normalized spacial score (nSPS) is 13.8. The van der Waals surface area contributed by atoms with E-state index >= 15 is 0 Å². The Hall–Kier alpha value is -5.38. The van der Waals surface area contributed by atoms with Gasteiger partial charge in [0.2, 0.25) is 11.8 Å². The Bertz CT molecular complexity index is 1860. The van der Waals surface area contributed by atoms with Crippen molar-refractivity contribution in [2.45, 2.75) is 19.4 Å². The molecule has 0 fully saturated rings. The molecule has 41 heavy (non-hydrogen) atoms. The fraction of sp³-hybridized carbons (Fsp3) is 0.161. The van der Waals surface area contributed by atoms with E-state index in [1.165, 1.54) is 0 Å². The van der Waals surface area contributed by atoms with E-state index in [0.29, 0.717) is 29.0 Å². The second-order valence-electron chi connectivity index (χ2n) is 9.55. The molecule has 0 radical (unpaired) electrons. The van der Waals surface area contributed by atoms with Crippen LogP contribution in [0, 0.1) is 6.92 Å². The summed E-state index contributed by atoms with van der Waals surface area (Å²) in [5.74, 6) is 3.43. The molecule has 1 aliphatic heterocycles. The summed E-state index contributed by atoms with van der Waals surface area (Å²) in [6.45, 7) is 2.17. The molecule has 1 atom stereocenters. The van der Waals surface area contributed by atoms with Gasteiger partial charge in [-0.1, -0.05) is 36.4 Å². The number of hydrogen-bond acceptors (Lipinski definition) is 8. The number of para-hydroxylation sites is 2. The van der Waals surface area contributed by atoms with Crippen molar-refractivity contribution in [3.05, 3.63) is 113 Å². The largest absolute Gasteiger partial charge is 0.497 e. The molecule has 0 bridgehead atoms. The lowest BCUT2D eigenvalue weighted by atomic mass is 9.84. The maximum Gasteiger partial charge on any atom is 0.230 e. The van der Waals surface area contributed by atoms with Gasteiger partial charge >= 0.3 is 0 Å². The molecule has 10 heteroatoms. The van der Waals surface area contributed by atoms with Gasteiger partial charge in [-0.25, -0.2) is 19.2 Å². The fourth-order valence-electron chi connectivity index (χ4n) is 5.26. The molecule has 3 aromatic heterocycles. The Balaban J connectivity index is 1.36. The third kappa shape index (κ3) is 4.20. The number of rotatable bonds is 7. The first-order chi connectivity index (χ1) is 20.1. The van der Waals surface area contributed by atoms with Crippen LogP contribution in [0.4, 0.5) is 0 Å². The highest BCUT2D eigenvalue weighted by atomic mass is 16.5. The maximum atomic E-state index is 6.50. The molecule has 0 amide bonds. The van der Waals surface area contributed by atoms with Crippen molar-refractivity contribution in [2.24, 2.45) is 0 Å². The van der Waals surface area contributed by atoms with Gasteiger partial charge in [-0.3, -0.25) is 0 Å². The topological polar surface area (TPSA) is 97.8 Å². The molecule has 6 aromatic rings. The van der Waals surface area contributed by atoms with E-state index < -0.39 is 0 Å². The van der Waals surface area contributed by atoms with Gasteiger partial charge in [0.1, 0.15) is 30.2 Å². The van der Waals surface area contributed by atoms with Gasteiger partial charge in [-0.05, 0) is 49.4 Å². The van der Waals surface area contributed by atoms with Crippen LogP contribution < -0.4 is 18.9 Å². The summed E-state index contributed by atoms with van der Waals surface area (Å²) in [5.41, 5.74) is 4.99. The van der Waals surface area contributed by atoms with Gasteiger partial charge in [0, 0.05) is 5.56 Å². The average Bonchev–Trinajstić information content (AvgIpc) is 3.60. The van der Waals surface area contributed by atoms with Crippen molar-refractivity contribution in [3.8, 4) is 34.7 Å². The Labute approximate surface area is 235 Å². The van der Waals surface area contributed by atoms with Crippen LogP contribution in [0.3, 0.4) is 0 Å². The Morgan fingerprint density at radius 3 is 2.37 bits per heavy atom. The predicted molar refractivity (Wildman–Crippen MR) is 150 cm³/mol. The molecule has 4 heterocycles. The molecular formula is C31H26N6O4. The number of benzene rings is 3. The van der Waals surface area contributed by atoms with Gasteiger partial charge in [0.25, 0.3) is 0 Å². The number of nitrogens with zero attached hydrogens (tertiary/aromatic N) is 6. The SMILES string of the molecule is COc1ccc(OCc2nc3c4c(ncn3n2)Oc2c(c(C)nn2-c2ccccc2)[C@@H]4c2ccccc2OC)cc1. The van der Waals surface area contributed by atoms with Crippen molar-refractivity contribution in [3.63, 3.8) is 0 Å². The van der Waals surface area contributed by atoms with Crippen molar-refractivity contribution < 1.29 is 18.9 Å². The molecule has 0 unspecified atom stereocenters. The highest BCUT2D eigenvalue weighted by Gasteiger charge is 2.39. The minimum absolute atomic E-state index is 0.180. The van der Waals surface area contributed by atoms with Crippen LogP contribution in [0.15, 0.2) is 85.2 Å². The molecule has 0 spiro atoms. The van der Waals surface area contributed by atoms with Crippen molar-refractivity contribution in [1.29, 1.82) is 0 Å². The lowest BCUT2D eigenvalue weighted by Gasteiger charge is -2.27. The van der Waals surface area contributed by atoms with Crippen LogP contribution >= 0.6 is 0 Å². The number of methoxy groups -OCH3 is 2. The fourth-order valence-corrected chi connectivity index (χ4v) is 5.26. The Kier molecular flexibility index (Phi) is 6.00. The third-order valence-electron chi connectivity index (χ3n) is 7.14. The lowest BCUT2D eigenvalue weighted by molar-refractivity contribution is 0.295. The first-order valence-corrected chi connectivity index (χ1v) is 13.1. The summed E-state index contributed by atoms with van der Waals surface area (Å²) in [6, 6.07) is 25.2. The monoisotopic (exact) mass is 546 g/mol. The van der Waals surface area contributed by atoms with E-state index in [2.05, 4.69) is 16.1 Å². The summed E-state index contributed by atoms with van der Waals surface area (Å²) in [4.78, 5) is 9.56. The first kappa shape index (κ1) is 24.6. The summed E-state index contributed by atoms with van der Waals surface area (Å²) >= 11 is 0. The summed E-state index contributed by atoms with van der Waals surface area (Å²) in [5, 5.41) is 9.55. The minimum Gasteiger partial charge on any atom is -0.497 e. The van der Waals surface area contributed by atoms with Crippen molar-refractivity contribution in [1.82, 2.24) is 29.4 Å². The highest BCUT2D eigenvalue weighted by molar-refractivity contribution is 5.67. The van der Waals surface area contributed by atoms with E-state index in [1.807, 2.05) is 84.4 Å². The van der Waals surface area contributed by atoms with Crippen molar-refractivity contribution in [2.75, 3.05) is 14.2 Å². The number of ether oxygens (including phenoxy) is 4. The lowest BCUT2D eigenvalue weighted by Crippen LogP contribution is -2.16. The second-order valence-corrected chi connectivity index (χ2v) is 9.55. The molecule has 0 saturated carbocycles. The average molecular weight is 547 g/mol. The predicted octanol–water partition coefficient (Wildman–Crippen LogP) is 5.50. The minimum atomic E-state index is -0.321. The van der Waals surface area contributed by atoms with Gasteiger partial charge in [0.05, 0.1) is 42.6 Å². The molecular weight excluding hydrogens is 520 g/mol. The summed E-state index contributed by atoms with van der Waals surface area (Å²) in [6.07, 6.45) is 1.61. The quantitative estimate of drug-likeness (QED) is 0.259. The van der Waals surface area contributed by atoms with Gasteiger partial charge in [-0.15, -0.1) is 5.10 Å².